The van der Waals surface area contributed by atoms with Crippen molar-refractivity contribution >= 4 is 23.0 Å². The monoisotopic (exact) mass is 418 g/mol. The molecule has 0 atom stereocenters. The van der Waals surface area contributed by atoms with Gasteiger partial charge in [0.05, 0.1) is 0 Å². The molecule has 0 aliphatic rings. The van der Waals surface area contributed by atoms with Gasteiger partial charge in [0.25, 0.3) is 0 Å². The molecule has 2 N–H and O–H groups in total. The van der Waals surface area contributed by atoms with Crippen molar-refractivity contribution in [2.24, 2.45) is 0 Å². The van der Waals surface area contributed by atoms with Gasteiger partial charge in [-0.25, -0.2) is 0 Å². The van der Waals surface area contributed by atoms with Crippen LogP contribution in [0.5, 0.6) is 11.5 Å². The first-order valence-electron chi connectivity index (χ1n) is 10.4. The van der Waals surface area contributed by atoms with Crippen molar-refractivity contribution in [1.29, 1.82) is 0 Å². The molecule has 0 radical (unpaired) electrons. The van der Waals surface area contributed by atoms with Crippen LogP contribution in [0.1, 0.15) is 38.3 Å². The minimum absolute atomic E-state index is 0.180. The fraction of sp³-hybridized carbons (Fsp3) is 0.269. The summed E-state index contributed by atoms with van der Waals surface area (Å²) in [6, 6.07) is 26.5. The first-order chi connectivity index (χ1) is 14.5. The predicted molar refractivity (Wildman–Crippen MR) is 131 cm³/mol. The lowest BCUT2D eigenvalue weighted by atomic mass is 9.82. The number of nitrogens with one attached hydrogen (secondary N) is 2. The van der Waals surface area contributed by atoms with E-state index in [-0.39, 0.29) is 5.41 Å². The van der Waals surface area contributed by atoms with Gasteiger partial charge < -0.3 is 15.4 Å². The maximum absolute atomic E-state index is 5.98. The average molecular weight is 419 g/mol. The number of hydrogen-bond acceptors (Lipinski definition) is 2. The van der Waals surface area contributed by atoms with Gasteiger partial charge in [-0.3, -0.25) is 0 Å². The van der Waals surface area contributed by atoms with Crippen LogP contribution in [-0.4, -0.2) is 11.7 Å². The van der Waals surface area contributed by atoms with Gasteiger partial charge in [0.15, 0.2) is 5.11 Å². The predicted octanol–water partition coefficient (Wildman–Crippen LogP) is 6.70. The van der Waals surface area contributed by atoms with Crippen molar-refractivity contribution in [3.63, 3.8) is 0 Å². The van der Waals surface area contributed by atoms with Gasteiger partial charge in [0.1, 0.15) is 11.5 Å². The van der Waals surface area contributed by atoms with E-state index in [1.54, 1.807) is 0 Å². The molecular weight excluding hydrogens is 388 g/mol. The Morgan fingerprint density at radius 3 is 2.07 bits per heavy atom. The number of benzene rings is 3. The molecule has 0 unspecified atom stereocenters. The Kier molecular flexibility index (Phi) is 7.47. The van der Waals surface area contributed by atoms with Crippen LogP contribution in [0.4, 0.5) is 5.69 Å². The van der Waals surface area contributed by atoms with E-state index in [0.29, 0.717) is 5.11 Å². The summed E-state index contributed by atoms with van der Waals surface area (Å²) >= 11 is 5.39. The summed E-state index contributed by atoms with van der Waals surface area (Å²) in [6.07, 6.45) is 2.04. The molecule has 0 saturated carbocycles. The fourth-order valence-electron chi connectivity index (χ4n) is 3.06. The van der Waals surface area contributed by atoms with E-state index in [0.717, 1.165) is 36.6 Å². The van der Waals surface area contributed by atoms with Gasteiger partial charge in [-0.2, -0.15) is 0 Å². The van der Waals surface area contributed by atoms with Gasteiger partial charge >= 0.3 is 0 Å². The molecule has 3 aromatic carbocycles. The third-order valence-electron chi connectivity index (χ3n) is 5.41. The highest BCUT2D eigenvalue weighted by Gasteiger charge is 2.17. The van der Waals surface area contributed by atoms with Crippen LogP contribution < -0.4 is 15.4 Å². The molecule has 0 heterocycles. The fourth-order valence-corrected chi connectivity index (χ4v) is 3.28. The van der Waals surface area contributed by atoms with E-state index < -0.39 is 0 Å². The molecule has 3 nitrogen and oxygen atoms in total. The number of hydrogen-bond donors (Lipinski definition) is 2. The number of anilines is 1. The largest absolute Gasteiger partial charge is 0.457 e. The summed E-state index contributed by atoms with van der Waals surface area (Å²) in [5, 5.41) is 7.08. The quantitative estimate of drug-likeness (QED) is 0.399. The minimum Gasteiger partial charge on any atom is -0.457 e. The third-order valence-corrected chi connectivity index (χ3v) is 5.66. The topological polar surface area (TPSA) is 33.3 Å². The lowest BCUT2D eigenvalue weighted by molar-refractivity contribution is 0.478. The molecule has 30 heavy (non-hydrogen) atoms. The molecule has 0 saturated heterocycles. The highest BCUT2D eigenvalue weighted by Crippen LogP contribution is 2.29. The van der Waals surface area contributed by atoms with E-state index in [1.807, 2.05) is 42.5 Å². The third kappa shape index (κ3) is 6.33. The highest BCUT2D eigenvalue weighted by molar-refractivity contribution is 7.80. The van der Waals surface area contributed by atoms with Crippen LogP contribution in [0.25, 0.3) is 0 Å². The lowest BCUT2D eigenvalue weighted by Gasteiger charge is -2.23. The molecule has 0 bridgehead atoms. The van der Waals surface area contributed by atoms with Crippen molar-refractivity contribution in [3.8, 4) is 11.5 Å². The molecule has 0 aliphatic carbocycles. The van der Waals surface area contributed by atoms with Crippen LogP contribution in [0, 0.1) is 0 Å². The van der Waals surface area contributed by atoms with E-state index in [2.05, 4.69) is 67.8 Å². The second-order valence-corrected chi connectivity index (χ2v) is 8.41. The maximum Gasteiger partial charge on any atom is 0.170 e. The van der Waals surface area contributed by atoms with E-state index in [1.165, 1.54) is 11.1 Å². The van der Waals surface area contributed by atoms with E-state index in [9.17, 15) is 0 Å². The van der Waals surface area contributed by atoms with Crippen LogP contribution >= 0.6 is 12.2 Å². The minimum atomic E-state index is 0.180. The van der Waals surface area contributed by atoms with Crippen LogP contribution in [0.3, 0.4) is 0 Å². The van der Waals surface area contributed by atoms with Gasteiger partial charge in [-0.05, 0) is 78.0 Å². The smallest absolute Gasteiger partial charge is 0.170 e. The van der Waals surface area contributed by atoms with Gasteiger partial charge in [-0.15, -0.1) is 0 Å². The van der Waals surface area contributed by atoms with Crippen LogP contribution in [-0.2, 0) is 11.8 Å². The molecule has 0 aromatic heterocycles. The Balaban J connectivity index is 1.48. The first kappa shape index (κ1) is 21.8. The second kappa shape index (κ2) is 10.3. The number of rotatable bonds is 8. The van der Waals surface area contributed by atoms with Crippen molar-refractivity contribution in [3.05, 3.63) is 90.0 Å². The number of thiocarbonyl (C=S) groups is 1. The molecule has 0 spiro atoms. The van der Waals surface area contributed by atoms with Crippen molar-refractivity contribution in [2.75, 3.05) is 11.9 Å². The molecule has 4 heteroatoms. The summed E-state index contributed by atoms with van der Waals surface area (Å²) in [5.41, 5.74) is 3.73. The van der Waals surface area contributed by atoms with Crippen LogP contribution in [0.2, 0.25) is 0 Å². The van der Waals surface area contributed by atoms with Crippen molar-refractivity contribution in [1.82, 2.24) is 5.32 Å². The van der Waals surface area contributed by atoms with Gasteiger partial charge in [-0.1, -0.05) is 63.2 Å². The molecule has 0 amide bonds. The Labute approximate surface area is 185 Å². The van der Waals surface area contributed by atoms with Gasteiger partial charge in [0, 0.05) is 12.2 Å². The summed E-state index contributed by atoms with van der Waals surface area (Å²) in [5.74, 6) is 1.63. The normalized spacial score (nSPS) is 11.0. The lowest BCUT2D eigenvalue weighted by Crippen LogP contribution is -2.30. The van der Waals surface area contributed by atoms with E-state index in [4.69, 9.17) is 17.0 Å². The molecule has 3 rings (SSSR count). The number of ether oxygens (including phenoxy) is 1. The Bertz CT molecular complexity index is 935. The Morgan fingerprint density at radius 2 is 1.47 bits per heavy atom. The standard InChI is InChI=1S/C26H30N2OS/c1-4-26(2,3)21-10-14-23(15-11-21)29-24-16-12-22(13-17-24)28-25(30)27-19-18-20-8-6-5-7-9-20/h5-17H,4,18-19H2,1-3H3,(H2,27,28,30). The summed E-state index contributed by atoms with van der Waals surface area (Å²) < 4.78 is 5.98. The SMILES string of the molecule is CCC(C)(C)c1ccc(Oc2ccc(NC(=S)NCCc3ccccc3)cc2)cc1. The van der Waals surface area contributed by atoms with Gasteiger partial charge in [0.2, 0.25) is 0 Å². The summed E-state index contributed by atoms with van der Waals surface area (Å²) in [4.78, 5) is 0. The molecular formula is C26H30N2OS. The zero-order valence-electron chi connectivity index (χ0n) is 17.9. The molecule has 156 valence electrons. The molecule has 3 aromatic rings. The van der Waals surface area contributed by atoms with Crippen molar-refractivity contribution < 1.29 is 4.74 Å². The van der Waals surface area contributed by atoms with Crippen LogP contribution in [0.15, 0.2) is 78.9 Å². The highest BCUT2D eigenvalue weighted by atomic mass is 32.1. The van der Waals surface area contributed by atoms with E-state index >= 15 is 0 Å². The zero-order valence-corrected chi connectivity index (χ0v) is 18.8. The maximum atomic E-state index is 5.98. The molecule has 0 aliphatic heterocycles. The second-order valence-electron chi connectivity index (χ2n) is 8.00. The summed E-state index contributed by atoms with van der Waals surface area (Å²) in [6.45, 7) is 7.53. The summed E-state index contributed by atoms with van der Waals surface area (Å²) in [7, 11) is 0. The first-order valence-corrected chi connectivity index (χ1v) is 10.8. The Hall–Kier alpha value is -2.85. The molecule has 0 fully saturated rings. The average Bonchev–Trinajstić information content (AvgIpc) is 2.76. The zero-order chi connectivity index (χ0) is 21.4. The van der Waals surface area contributed by atoms with Crippen molar-refractivity contribution in [2.45, 2.75) is 39.0 Å². The Morgan fingerprint density at radius 1 is 0.867 bits per heavy atom.